The molecule has 1 fully saturated rings. The van der Waals surface area contributed by atoms with E-state index in [2.05, 4.69) is 33.4 Å². The third kappa shape index (κ3) is 3.17. The van der Waals surface area contributed by atoms with Crippen LogP contribution in [0, 0.1) is 0 Å². The summed E-state index contributed by atoms with van der Waals surface area (Å²) in [4.78, 5) is 23.6. The number of benzene rings is 1. The van der Waals surface area contributed by atoms with Crippen LogP contribution in [-0.4, -0.2) is 22.9 Å². The maximum Gasteiger partial charge on any atom is 0.267 e. The third-order valence-corrected chi connectivity index (χ3v) is 4.89. The van der Waals surface area contributed by atoms with Crippen molar-refractivity contribution in [2.24, 2.45) is 12.8 Å². The van der Waals surface area contributed by atoms with Crippen LogP contribution in [0.2, 0.25) is 0 Å². The molecule has 1 saturated carbocycles. The average molecular weight is 376 g/mol. The van der Waals surface area contributed by atoms with Gasteiger partial charge < -0.3 is 15.6 Å². The Morgan fingerprint density at radius 2 is 2.09 bits per heavy atom. The number of rotatable bonds is 5. The molecular formula is C17H18BrN3O2. The van der Waals surface area contributed by atoms with E-state index in [4.69, 9.17) is 5.73 Å². The molecule has 0 radical (unpaired) electrons. The van der Waals surface area contributed by atoms with E-state index in [1.807, 2.05) is 12.1 Å². The third-order valence-electron chi connectivity index (χ3n) is 4.40. The second-order valence-corrected chi connectivity index (χ2v) is 6.98. The topological polar surface area (TPSA) is 77.1 Å². The molecule has 2 amide bonds. The number of carbonyl (C=O) groups excluding carboxylic acids is 2. The number of aryl methyl sites for hydroxylation is 1. The summed E-state index contributed by atoms with van der Waals surface area (Å²) in [5.41, 5.74) is 7.28. The fraction of sp³-hybridized carbons (Fsp3) is 0.294. The molecular weight excluding hydrogens is 358 g/mol. The van der Waals surface area contributed by atoms with E-state index in [0.29, 0.717) is 17.8 Å². The fourth-order valence-electron chi connectivity index (χ4n) is 2.80. The van der Waals surface area contributed by atoms with Crippen molar-refractivity contribution in [3.8, 4) is 0 Å². The first-order valence-corrected chi connectivity index (χ1v) is 8.21. The summed E-state index contributed by atoms with van der Waals surface area (Å²) in [5, 5.41) is 2.99. The number of primary amides is 1. The van der Waals surface area contributed by atoms with Crippen LogP contribution in [0.3, 0.4) is 0 Å². The fourth-order valence-corrected chi connectivity index (χ4v) is 3.20. The van der Waals surface area contributed by atoms with Gasteiger partial charge in [-0.3, -0.25) is 9.59 Å². The maximum absolute atomic E-state index is 12.4. The molecule has 0 saturated heterocycles. The molecule has 0 atom stereocenters. The van der Waals surface area contributed by atoms with E-state index in [1.165, 1.54) is 11.6 Å². The van der Waals surface area contributed by atoms with Crippen LogP contribution in [0.15, 0.2) is 41.0 Å². The molecule has 0 aliphatic heterocycles. The number of nitrogens with zero attached hydrogens (tertiary/aromatic N) is 1. The summed E-state index contributed by atoms with van der Waals surface area (Å²) in [7, 11) is 1.72. The van der Waals surface area contributed by atoms with Crippen molar-refractivity contribution >= 4 is 27.7 Å². The Morgan fingerprint density at radius 3 is 2.65 bits per heavy atom. The molecule has 1 heterocycles. The molecule has 3 rings (SSSR count). The Hall–Kier alpha value is -2.08. The molecule has 6 heteroatoms. The summed E-state index contributed by atoms with van der Waals surface area (Å²) in [6.07, 6.45) is 3.69. The highest BCUT2D eigenvalue weighted by molar-refractivity contribution is 9.10. The van der Waals surface area contributed by atoms with Gasteiger partial charge in [0.25, 0.3) is 5.91 Å². The predicted octanol–water partition coefficient (Wildman–Crippen LogP) is 2.35. The number of hydrogen-bond acceptors (Lipinski definition) is 2. The minimum absolute atomic E-state index is 0.0249. The molecule has 0 unspecified atom stereocenters. The Morgan fingerprint density at radius 1 is 1.35 bits per heavy atom. The first kappa shape index (κ1) is 15.8. The zero-order valence-corrected chi connectivity index (χ0v) is 14.4. The first-order valence-electron chi connectivity index (χ1n) is 7.42. The number of nitrogens with two attached hydrogens (primary N) is 1. The standard InChI is InChI=1S/C17H18BrN3O2/c1-21-9-11(15(19)22)7-14(21)16(23)20-10-17(5-6-17)12-3-2-4-13(18)8-12/h2-4,7-9H,5-6,10H2,1H3,(H2,19,22)(H,20,23). The smallest absolute Gasteiger partial charge is 0.267 e. The second kappa shape index (κ2) is 5.85. The Kier molecular flexibility index (Phi) is 4.02. The van der Waals surface area contributed by atoms with E-state index < -0.39 is 5.91 Å². The van der Waals surface area contributed by atoms with Crippen molar-refractivity contribution in [3.63, 3.8) is 0 Å². The van der Waals surface area contributed by atoms with E-state index in [-0.39, 0.29) is 11.3 Å². The van der Waals surface area contributed by atoms with E-state index in [1.54, 1.807) is 17.8 Å². The summed E-state index contributed by atoms with van der Waals surface area (Å²) >= 11 is 3.49. The number of hydrogen-bond donors (Lipinski definition) is 2. The van der Waals surface area contributed by atoms with Crippen molar-refractivity contribution < 1.29 is 9.59 Å². The van der Waals surface area contributed by atoms with Crippen molar-refractivity contribution in [3.05, 3.63) is 57.8 Å². The molecule has 3 N–H and O–H groups in total. The average Bonchev–Trinajstić information content (AvgIpc) is 3.20. The van der Waals surface area contributed by atoms with Crippen LogP contribution in [-0.2, 0) is 12.5 Å². The highest BCUT2D eigenvalue weighted by atomic mass is 79.9. The van der Waals surface area contributed by atoms with Gasteiger partial charge in [-0.1, -0.05) is 28.1 Å². The number of aromatic nitrogens is 1. The first-order chi connectivity index (χ1) is 10.9. The summed E-state index contributed by atoms with van der Waals surface area (Å²) in [6.45, 7) is 0.583. The molecule has 23 heavy (non-hydrogen) atoms. The molecule has 1 aromatic carbocycles. The van der Waals surface area contributed by atoms with Crippen molar-refractivity contribution in [2.75, 3.05) is 6.54 Å². The Balaban J connectivity index is 1.71. The normalized spacial score (nSPS) is 15.2. The van der Waals surface area contributed by atoms with Gasteiger partial charge in [0.2, 0.25) is 5.91 Å². The van der Waals surface area contributed by atoms with Gasteiger partial charge in [0.05, 0.1) is 5.56 Å². The van der Waals surface area contributed by atoms with Gasteiger partial charge in [-0.05, 0) is 36.6 Å². The van der Waals surface area contributed by atoms with E-state index >= 15 is 0 Å². The molecule has 2 aromatic rings. The van der Waals surface area contributed by atoms with Gasteiger partial charge in [-0.25, -0.2) is 0 Å². The van der Waals surface area contributed by atoms with Crippen LogP contribution in [0.1, 0.15) is 39.3 Å². The zero-order chi connectivity index (χ0) is 16.6. The summed E-state index contributed by atoms with van der Waals surface area (Å²) in [5.74, 6) is -0.728. The van der Waals surface area contributed by atoms with Crippen LogP contribution < -0.4 is 11.1 Å². The minimum atomic E-state index is -0.535. The second-order valence-electron chi connectivity index (χ2n) is 6.06. The molecule has 1 aliphatic rings. The molecule has 120 valence electrons. The SMILES string of the molecule is Cn1cc(C(N)=O)cc1C(=O)NCC1(c2cccc(Br)c2)CC1. The van der Waals surface area contributed by atoms with Crippen LogP contribution in [0.4, 0.5) is 0 Å². The van der Waals surface area contributed by atoms with Crippen molar-refractivity contribution in [1.82, 2.24) is 9.88 Å². The number of amides is 2. The molecule has 0 bridgehead atoms. The number of halogens is 1. The molecule has 1 aromatic heterocycles. The van der Waals surface area contributed by atoms with Crippen LogP contribution >= 0.6 is 15.9 Å². The summed E-state index contributed by atoms with van der Waals surface area (Å²) in [6, 6.07) is 9.73. The lowest BCUT2D eigenvalue weighted by Gasteiger charge is -2.17. The van der Waals surface area contributed by atoms with Gasteiger partial charge in [0, 0.05) is 29.7 Å². The van der Waals surface area contributed by atoms with Crippen LogP contribution in [0.25, 0.3) is 0 Å². The quantitative estimate of drug-likeness (QED) is 0.841. The van der Waals surface area contributed by atoms with Crippen LogP contribution in [0.5, 0.6) is 0 Å². The lowest BCUT2D eigenvalue weighted by Crippen LogP contribution is -2.33. The van der Waals surface area contributed by atoms with Crippen molar-refractivity contribution in [2.45, 2.75) is 18.3 Å². The largest absolute Gasteiger partial charge is 0.366 e. The monoisotopic (exact) mass is 375 g/mol. The Bertz CT molecular complexity index is 778. The van der Waals surface area contributed by atoms with Gasteiger partial charge in [0.15, 0.2) is 0 Å². The zero-order valence-electron chi connectivity index (χ0n) is 12.8. The predicted molar refractivity (Wildman–Crippen MR) is 91.3 cm³/mol. The van der Waals surface area contributed by atoms with Gasteiger partial charge in [-0.15, -0.1) is 0 Å². The minimum Gasteiger partial charge on any atom is -0.366 e. The number of carbonyl (C=O) groups is 2. The Labute approximate surface area is 143 Å². The van der Waals surface area contributed by atoms with E-state index in [0.717, 1.165) is 17.3 Å². The lowest BCUT2D eigenvalue weighted by atomic mass is 9.96. The lowest BCUT2D eigenvalue weighted by molar-refractivity contribution is 0.0941. The molecule has 0 spiro atoms. The molecule has 1 aliphatic carbocycles. The summed E-state index contributed by atoms with van der Waals surface area (Å²) < 4.78 is 2.66. The number of nitrogens with one attached hydrogen (secondary N) is 1. The molecule has 5 nitrogen and oxygen atoms in total. The van der Waals surface area contributed by atoms with Gasteiger partial charge in [-0.2, -0.15) is 0 Å². The highest BCUT2D eigenvalue weighted by Crippen LogP contribution is 2.48. The maximum atomic E-state index is 12.4. The van der Waals surface area contributed by atoms with Gasteiger partial charge >= 0.3 is 0 Å². The van der Waals surface area contributed by atoms with Crippen molar-refractivity contribution in [1.29, 1.82) is 0 Å². The highest BCUT2D eigenvalue weighted by Gasteiger charge is 2.44. The van der Waals surface area contributed by atoms with E-state index in [9.17, 15) is 9.59 Å². The van der Waals surface area contributed by atoms with Gasteiger partial charge in [0.1, 0.15) is 5.69 Å².